The van der Waals surface area contributed by atoms with Crippen molar-refractivity contribution in [2.24, 2.45) is 0 Å². The summed E-state index contributed by atoms with van der Waals surface area (Å²) in [5.74, 6) is -0.148. The summed E-state index contributed by atoms with van der Waals surface area (Å²) in [5.41, 5.74) is 2.23. The molecule has 0 saturated carbocycles. The van der Waals surface area contributed by atoms with Crippen LogP contribution in [0.15, 0.2) is 41.5 Å². The zero-order valence-corrected chi connectivity index (χ0v) is 10.7. The molecule has 0 amide bonds. The lowest BCUT2D eigenvalue weighted by Crippen LogP contribution is -1.98. The van der Waals surface area contributed by atoms with Gasteiger partial charge < -0.3 is 5.11 Å². The van der Waals surface area contributed by atoms with Crippen molar-refractivity contribution in [3.05, 3.63) is 47.0 Å². The molecule has 0 radical (unpaired) electrons. The molecule has 4 aromatic heterocycles. The van der Waals surface area contributed by atoms with Gasteiger partial charge in [-0.2, -0.15) is 0 Å². The summed E-state index contributed by atoms with van der Waals surface area (Å²) in [6.07, 6.45) is 3.34. The van der Waals surface area contributed by atoms with Crippen molar-refractivity contribution in [1.29, 1.82) is 0 Å². The summed E-state index contributed by atoms with van der Waals surface area (Å²) in [7, 11) is 0. The van der Waals surface area contributed by atoms with Crippen LogP contribution in [0.1, 0.15) is 0 Å². The number of benzene rings is 1. The molecule has 0 aliphatic heterocycles. The Kier molecular flexibility index (Phi) is 1.66. The Labute approximate surface area is 116 Å². The van der Waals surface area contributed by atoms with Crippen LogP contribution < -0.4 is 5.56 Å². The third kappa shape index (κ3) is 1.11. The highest BCUT2D eigenvalue weighted by Crippen LogP contribution is 2.35. The second-order valence-electron chi connectivity index (χ2n) is 5.00. The molecule has 0 saturated heterocycles. The molecule has 21 heavy (non-hydrogen) atoms. The number of nitrogens with zero attached hydrogens (tertiary/aromatic N) is 3. The topological polar surface area (TPSA) is 83.3 Å². The van der Waals surface area contributed by atoms with Gasteiger partial charge in [-0.15, -0.1) is 0 Å². The largest absolute Gasteiger partial charge is 0.493 e. The lowest BCUT2D eigenvalue weighted by atomic mass is 10.1. The van der Waals surface area contributed by atoms with Crippen LogP contribution >= 0.6 is 0 Å². The molecule has 0 atom stereocenters. The van der Waals surface area contributed by atoms with Gasteiger partial charge in [0.2, 0.25) is 5.88 Å². The van der Waals surface area contributed by atoms with Crippen LogP contribution in [-0.2, 0) is 0 Å². The predicted octanol–water partition coefficient (Wildman–Crippen LogP) is 2.02. The Balaban J connectivity index is 2.32. The fourth-order valence-corrected chi connectivity index (χ4v) is 3.08. The average molecular weight is 276 g/mol. The van der Waals surface area contributed by atoms with Gasteiger partial charge in [-0.1, -0.05) is 18.2 Å². The summed E-state index contributed by atoms with van der Waals surface area (Å²) in [5, 5.41) is 12.1. The molecule has 6 nitrogen and oxygen atoms in total. The molecule has 6 heteroatoms. The summed E-state index contributed by atoms with van der Waals surface area (Å²) in [4.78, 5) is 23.6. The van der Waals surface area contributed by atoms with Crippen LogP contribution in [0.4, 0.5) is 0 Å². The Morgan fingerprint density at radius 3 is 2.95 bits per heavy atom. The second-order valence-corrected chi connectivity index (χ2v) is 5.00. The second kappa shape index (κ2) is 3.29. The molecule has 0 fully saturated rings. The van der Waals surface area contributed by atoms with Crippen molar-refractivity contribution in [1.82, 2.24) is 19.4 Å². The summed E-state index contributed by atoms with van der Waals surface area (Å²) >= 11 is 0. The number of H-pyrrole nitrogens is 1. The molecule has 0 bridgehead atoms. The van der Waals surface area contributed by atoms with Gasteiger partial charge in [-0.3, -0.25) is 14.2 Å². The first kappa shape index (κ1) is 10.6. The lowest BCUT2D eigenvalue weighted by Gasteiger charge is -1.99. The van der Waals surface area contributed by atoms with Crippen LogP contribution in [0.3, 0.4) is 0 Å². The zero-order chi connectivity index (χ0) is 14.1. The molecular formula is C15H8N4O2. The van der Waals surface area contributed by atoms with Crippen LogP contribution in [0.2, 0.25) is 0 Å². The third-order valence-corrected chi connectivity index (χ3v) is 3.91. The van der Waals surface area contributed by atoms with Gasteiger partial charge in [0.25, 0.3) is 5.56 Å². The number of hydrogen-bond acceptors (Lipinski definition) is 4. The maximum Gasteiger partial charge on any atom is 0.261 e. The number of para-hydroxylation sites is 1. The molecule has 0 unspecified atom stereocenters. The normalized spacial score (nSPS) is 12.2. The molecule has 0 spiro atoms. The van der Waals surface area contributed by atoms with Crippen LogP contribution in [0.5, 0.6) is 5.88 Å². The molecule has 5 rings (SSSR count). The smallest absolute Gasteiger partial charge is 0.261 e. The SMILES string of the molecule is O=c1[nH]c(O)c2c1c1c3ccccc3nc1c1nccn12. The third-order valence-electron chi connectivity index (χ3n) is 3.91. The number of aromatic amines is 1. The number of imidazole rings is 1. The highest BCUT2D eigenvalue weighted by Gasteiger charge is 2.20. The predicted molar refractivity (Wildman–Crippen MR) is 79.0 cm³/mol. The first-order valence-corrected chi connectivity index (χ1v) is 6.47. The van der Waals surface area contributed by atoms with Crippen LogP contribution in [0, 0.1) is 0 Å². The monoisotopic (exact) mass is 276 g/mol. The van der Waals surface area contributed by atoms with Gasteiger partial charge >= 0.3 is 0 Å². The Morgan fingerprint density at radius 1 is 1.19 bits per heavy atom. The number of nitrogens with one attached hydrogen (secondary N) is 1. The standard InChI is InChI=1S/C15H8N4O2/c20-14-10-9-7-3-1-2-4-8(7)17-11(9)13-16-5-6-19(13)12(10)15(21)18-14/h1-6,21H,(H,18,20). The fourth-order valence-electron chi connectivity index (χ4n) is 3.08. The van der Waals surface area contributed by atoms with Crippen molar-refractivity contribution >= 4 is 38.4 Å². The van der Waals surface area contributed by atoms with Crippen molar-refractivity contribution < 1.29 is 5.11 Å². The minimum Gasteiger partial charge on any atom is -0.493 e. The molecule has 2 N–H and O–H groups in total. The van der Waals surface area contributed by atoms with Gasteiger partial charge in [0, 0.05) is 23.2 Å². The Bertz CT molecular complexity index is 1220. The number of aromatic nitrogens is 4. The number of rotatable bonds is 0. The molecule has 5 aromatic rings. The Morgan fingerprint density at radius 2 is 2.05 bits per heavy atom. The zero-order valence-electron chi connectivity index (χ0n) is 10.7. The van der Waals surface area contributed by atoms with Gasteiger partial charge in [-0.25, -0.2) is 9.97 Å². The van der Waals surface area contributed by atoms with Crippen LogP contribution in [-0.4, -0.2) is 24.5 Å². The first-order chi connectivity index (χ1) is 10.3. The van der Waals surface area contributed by atoms with E-state index in [1.54, 1.807) is 16.8 Å². The number of aromatic hydroxyl groups is 1. The van der Waals surface area contributed by atoms with Crippen molar-refractivity contribution in [3.8, 4) is 5.88 Å². The van der Waals surface area contributed by atoms with Gasteiger partial charge in [0.05, 0.1) is 10.9 Å². The summed E-state index contributed by atoms with van der Waals surface area (Å²) in [6, 6.07) is 7.63. The molecule has 0 aliphatic rings. The van der Waals surface area contributed by atoms with Gasteiger partial charge in [0.1, 0.15) is 11.0 Å². The average Bonchev–Trinajstić information content (AvgIpc) is 3.14. The van der Waals surface area contributed by atoms with E-state index in [-0.39, 0.29) is 11.4 Å². The van der Waals surface area contributed by atoms with E-state index in [1.807, 2.05) is 24.3 Å². The van der Waals surface area contributed by atoms with Crippen LogP contribution in [0.25, 0.3) is 38.4 Å². The number of fused-ring (bicyclic) bond motifs is 8. The van der Waals surface area contributed by atoms with Crippen molar-refractivity contribution in [2.75, 3.05) is 0 Å². The first-order valence-electron chi connectivity index (χ1n) is 6.47. The highest BCUT2D eigenvalue weighted by molar-refractivity contribution is 6.23. The maximum absolute atomic E-state index is 12.2. The summed E-state index contributed by atoms with van der Waals surface area (Å²) < 4.78 is 1.69. The van der Waals surface area contributed by atoms with E-state index in [4.69, 9.17) is 0 Å². The number of hydrogen-bond donors (Lipinski definition) is 2. The maximum atomic E-state index is 12.2. The quantitative estimate of drug-likeness (QED) is 0.453. The van der Waals surface area contributed by atoms with E-state index < -0.39 is 0 Å². The van der Waals surface area contributed by atoms with E-state index in [0.29, 0.717) is 22.1 Å². The number of pyridine rings is 1. The molecule has 4 heterocycles. The van der Waals surface area contributed by atoms with Crippen molar-refractivity contribution in [2.45, 2.75) is 0 Å². The lowest BCUT2D eigenvalue weighted by molar-refractivity contribution is 0.460. The van der Waals surface area contributed by atoms with Gasteiger partial charge in [-0.05, 0) is 6.07 Å². The Hall–Kier alpha value is -3.15. The highest BCUT2D eigenvalue weighted by atomic mass is 16.3. The van der Waals surface area contributed by atoms with Gasteiger partial charge in [0.15, 0.2) is 5.65 Å². The molecule has 1 aromatic carbocycles. The minimum absolute atomic E-state index is 0.148. The van der Waals surface area contributed by atoms with Crippen molar-refractivity contribution in [3.63, 3.8) is 0 Å². The van der Waals surface area contributed by atoms with E-state index in [1.165, 1.54) is 0 Å². The van der Waals surface area contributed by atoms with E-state index in [9.17, 15) is 9.90 Å². The minimum atomic E-state index is -0.318. The summed E-state index contributed by atoms with van der Waals surface area (Å²) in [6.45, 7) is 0. The van der Waals surface area contributed by atoms with E-state index >= 15 is 0 Å². The molecular weight excluding hydrogens is 268 g/mol. The molecule has 0 aliphatic carbocycles. The van der Waals surface area contributed by atoms with E-state index in [0.717, 1.165) is 16.3 Å². The van der Waals surface area contributed by atoms with E-state index in [2.05, 4.69) is 15.0 Å². The fraction of sp³-hybridized carbons (Fsp3) is 0. The molecule has 100 valence electrons.